The van der Waals surface area contributed by atoms with Crippen molar-refractivity contribution in [1.82, 2.24) is 29.1 Å². The van der Waals surface area contributed by atoms with E-state index in [2.05, 4.69) is 21.1 Å². The third-order valence-corrected chi connectivity index (χ3v) is 8.02. The fourth-order valence-corrected chi connectivity index (χ4v) is 5.61. The number of fused-ring (bicyclic) bond motifs is 1. The molecule has 3 aromatic rings. The maximum atomic E-state index is 13.7. The molecule has 0 bridgehead atoms. The van der Waals surface area contributed by atoms with Gasteiger partial charge in [0.05, 0.1) is 30.1 Å². The van der Waals surface area contributed by atoms with Crippen LogP contribution in [0.4, 0.5) is 13.2 Å². The van der Waals surface area contributed by atoms with Gasteiger partial charge in [-0.1, -0.05) is 36.4 Å². The molecule has 2 aromatic heterocycles. The molecule has 12 heteroatoms. The van der Waals surface area contributed by atoms with Crippen LogP contribution in [-0.4, -0.2) is 85.1 Å². The summed E-state index contributed by atoms with van der Waals surface area (Å²) in [4.78, 5) is 34.2. The van der Waals surface area contributed by atoms with Gasteiger partial charge in [0.15, 0.2) is 5.52 Å². The van der Waals surface area contributed by atoms with E-state index in [9.17, 15) is 27.9 Å². The lowest BCUT2D eigenvalue weighted by molar-refractivity contribution is -0.162. The van der Waals surface area contributed by atoms with Crippen LogP contribution in [0.1, 0.15) is 42.9 Å². The molecule has 40 heavy (non-hydrogen) atoms. The first-order valence-corrected chi connectivity index (χ1v) is 13.4. The van der Waals surface area contributed by atoms with Crippen molar-refractivity contribution in [1.29, 1.82) is 0 Å². The molecule has 0 radical (unpaired) electrons. The van der Waals surface area contributed by atoms with Gasteiger partial charge in [0.25, 0.3) is 5.56 Å². The molecule has 0 saturated carbocycles. The number of carbonyl (C=O) groups excluding carboxylic acids is 1. The van der Waals surface area contributed by atoms with E-state index in [1.54, 1.807) is 17.8 Å². The minimum Gasteiger partial charge on any atom is -0.388 e. The van der Waals surface area contributed by atoms with Crippen LogP contribution >= 0.6 is 0 Å². The molecule has 0 spiro atoms. The molecular formula is C28H33F3N6O3. The first-order chi connectivity index (χ1) is 18.9. The lowest BCUT2D eigenvalue weighted by Gasteiger charge is -2.39. The van der Waals surface area contributed by atoms with Crippen molar-refractivity contribution in [2.45, 2.75) is 49.9 Å². The van der Waals surface area contributed by atoms with Crippen LogP contribution in [0.5, 0.6) is 0 Å². The Kier molecular flexibility index (Phi) is 7.58. The van der Waals surface area contributed by atoms with Gasteiger partial charge in [-0.3, -0.25) is 18.8 Å². The Labute approximate surface area is 229 Å². The van der Waals surface area contributed by atoms with Crippen LogP contribution in [0.2, 0.25) is 0 Å². The average molecular weight is 559 g/mol. The molecule has 1 amide bonds. The van der Waals surface area contributed by atoms with Crippen molar-refractivity contribution in [2.24, 2.45) is 7.05 Å². The summed E-state index contributed by atoms with van der Waals surface area (Å²) >= 11 is 0. The number of amides is 1. The SMILES string of the molecule is CN1CC=C(c2c3ncn(CC4(O)CCN(C(=O)CC(c5ccccc5)C(F)(F)F)CC4)c(=O)c3nn2C)CC1. The molecule has 4 heterocycles. The van der Waals surface area contributed by atoms with E-state index in [0.29, 0.717) is 5.52 Å². The summed E-state index contributed by atoms with van der Waals surface area (Å²) in [5, 5.41) is 15.7. The smallest absolute Gasteiger partial charge is 0.388 e. The number of nitrogens with zero attached hydrogens (tertiary/aromatic N) is 6. The molecule has 5 rings (SSSR count). The topological polar surface area (TPSA) is 96.5 Å². The molecule has 1 unspecified atom stereocenters. The van der Waals surface area contributed by atoms with E-state index < -0.39 is 30.0 Å². The molecule has 2 aliphatic rings. The van der Waals surface area contributed by atoms with Crippen molar-refractivity contribution in [3.05, 3.63) is 64.3 Å². The number of hydrogen-bond acceptors (Lipinski definition) is 6. The molecule has 1 aromatic carbocycles. The van der Waals surface area contributed by atoms with Crippen LogP contribution in [0.15, 0.2) is 47.5 Å². The number of aryl methyl sites for hydroxylation is 1. The lowest BCUT2D eigenvalue weighted by atomic mass is 9.89. The molecular weight excluding hydrogens is 525 g/mol. The van der Waals surface area contributed by atoms with E-state index in [4.69, 9.17) is 0 Å². The first-order valence-electron chi connectivity index (χ1n) is 13.4. The lowest BCUT2D eigenvalue weighted by Crippen LogP contribution is -2.50. The monoisotopic (exact) mass is 558 g/mol. The largest absolute Gasteiger partial charge is 0.396 e. The number of aromatic nitrogens is 4. The summed E-state index contributed by atoms with van der Waals surface area (Å²) < 4.78 is 44.2. The summed E-state index contributed by atoms with van der Waals surface area (Å²) in [6.07, 6.45) is -0.662. The second kappa shape index (κ2) is 10.8. The van der Waals surface area contributed by atoms with Crippen LogP contribution in [0, 0.1) is 0 Å². The van der Waals surface area contributed by atoms with Crippen LogP contribution in [0.3, 0.4) is 0 Å². The van der Waals surface area contributed by atoms with Crippen molar-refractivity contribution in [2.75, 3.05) is 33.2 Å². The number of halogens is 3. The number of aliphatic hydroxyl groups is 1. The zero-order valence-corrected chi connectivity index (χ0v) is 22.6. The van der Waals surface area contributed by atoms with Crippen molar-refractivity contribution < 1.29 is 23.1 Å². The third-order valence-electron chi connectivity index (χ3n) is 8.02. The summed E-state index contributed by atoms with van der Waals surface area (Å²) in [7, 11) is 3.82. The van der Waals surface area contributed by atoms with Gasteiger partial charge in [0.2, 0.25) is 5.91 Å². The summed E-state index contributed by atoms with van der Waals surface area (Å²) in [5.74, 6) is -2.51. The normalized spacial score (nSPS) is 19.1. The van der Waals surface area contributed by atoms with E-state index in [0.717, 1.165) is 30.8 Å². The first kappa shape index (κ1) is 28.0. The zero-order valence-electron chi connectivity index (χ0n) is 22.6. The Morgan fingerprint density at radius 3 is 2.42 bits per heavy atom. The molecule has 1 saturated heterocycles. The minimum atomic E-state index is -4.56. The van der Waals surface area contributed by atoms with Crippen LogP contribution in [0.25, 0.3) is 16.6 Å². The van der Waals surface area contributed by atoms with Crippen molar-refractivity contribution in [3.8, 4) is 0 Å². The van der Waals surface area contributed by atoms with Gasteiger partial charge in [0, 0.05) is 39.6 Å². The number of carbonyl (C=O) groups is 1. The highest BCUT2D eigenvalue weighted by Gasteiger charge is 2.43. The quantitative estimate of drug-likeness (QED) is 0.500. The number of piperidine rings is 1. The average Bonchev–Trinajstić information content (AvgIpc) is 3.26. The van der Waals surface area contributed by atoms with E-state index in [1.807, 2.05) is 7.05 Å². The van der Waals surface area contributed by atoms with Gasteiger partial charge in [-0.25, -0.2) is 4.98 Å². The van der Waals surface area contributed by atoms with Gasteiger partial charge in [0.1, 0.15) is 5.52 Å². The fourth-order valence-electron chi connectivity index (χ4n) is 5.61. The van der Waals surface area contributed by atoms with E-state index in [-0.39, 0.29) is 49.1 Å². The Hall–Kier alpha value is -3.51. The number of likely N-dealkylation sites (N-methyl/N-ethyl adjacent to an activating group) is 1. The second-order valence-electron chi connectivity index (χ2n) is 10.9. The summed E-state index contributed by atoms with van der Waals surface area (Å²) in [6, 6.07) is 7.41. The Morgan fingerprint density at radius 1 is 1.10 bits per heavy atom. The molecule has 2 aliphatic heterocycles. The van der Waals surface area contributed by atoms with Crippen molar-refractivity contribution in [3.63, 3.8) is 0 Å². The number of hydrogen-bond donors (Lipinski definition) is 1. The summed E-state index contributed by atoms with van der Waals surface area (Å²) in [5.41, 5.74) is 0.994. The number of rotatable bonds is 6. The van der Waals surface area contributed by atoms with Gasteiger partial charge in [-0.2, -0.15) is 18.3 Å². The zero-order chi connectivity index (χ0) is 28.7. The van der Waals surface area contributed by atoms with Gasteiger partial charge in [-0.05, 0) is 37.4 Å². The van der Waals surface area contributed by atoms with E-state index >= 15 is 0 Å². The van der Waals surface area contributed by atoms with Crippen LogP contribution < -0.4 is 5.56 Å². The molecule has 1 fully saturated rings. The standard InChI is InChI=1S/C28H33F3N6O3/c1-34-12-8-20(9-13-34)25-23-24(33-35(25)2)26(39)37(18-32-23)17-27(40)10-14-36(15-11-27)22(38)16-21(28(29,30)31)19-6-4-3-5-7-19/h3-8,18,21,40H,9-17H2,1-2H3. The second-order valence-corrected chi connectivity index (χ2v) is 10.9. The van der Waals surface area contributed by atoms with Gasteiger partial charge < -0.3 is 14.9 Å². The van der Waals surface area contributed by atoms with Gasteiger partial charge >= 0.3 is 6.18 Å². The Balaban J connectivity index is 1.27. The number of alkyl halides is 3. The van der Waals surface area contributed by atoms with Crippen LogP contribution in [-0.2, 0) is 18.4 Å². The third kappa shape index (κ3) is 5.68. The minimum absolute atomic E-state index is 0.0453. The highest BCUT2D eigenvalue weighted by Crippen LogP contribution is 2.38. The molecule has 9 nitrogen and oxygen atoms in total. The number of likely N-dealkylation sites (tertiary alicyclic amines) is 1. The fraction of sp³-hybridized carbons (Fsp3) is 0.500. The molecule has 0 aliphatic carbocycles. The molecule has 1 N–H and O–H groups in total. The highest BCUT2D eigenvalue weighted by molar-refractivity contribution is 5.87. The number of benzene rings is 1. The Bertz CT molecular complexity index is 1470. The molecule has 214 valence electrons. The highest BCUT2D eigenvalue weighted by atomic mass is 19.4. The maximum absolute atomic E-state index is 13.7. The maximum Gasteiger partial charge on any atom is 0.396 e. The molecule has 1 atom stereocenters. The van der Waals surface area contributed by atoms with Crippen molar-refractivity contribution >= 4 is 22.5 Å². The predicted molar refractivity (Wildman–Crippen MR) is 143 cm³/mol. The predicted octanol–water partition coefficient (Wildman–Crippen LogP) is 2.94. The van der Waals surface area contributed by atoms with Gasteiger partial charge in [-0.15, -0.1) is 0 Å². The summed E-state index contributed by atoms with van der Waals surface area (Å²) in [6.45, 7) is 1.83. The Morgan fingerprint density at radius 2 is 1.80 bits per heavy atom. The van der Waals surface area contributed by atoms with E-state index in [1.165, 1.54) is 40.1 Å².